The van der Waals surface area contributed by atoms with Crippen LogP contribution in [-0.4, -0.2) is 70.7 Å². The number of carboxylic acids is 1. The predicted octanol–water partition coefficient (Wildman–Crippen LogP) is 2.37. The normalized spacial score (nSPS) is 21.5. The summed E-state index contributed by atoms with van der Waals surface area (Å²) in [5, 5.41) is 15.8. The summed E-state index contributed by atoms with van der Waals surface area (Å²) in [6, 6.07) is 13.0. The molecule has 7 nitrogen and oxygen atoms in total. The highest BCUT2D eigenvalue weighted by atomic mass is 32.2. The van der Waals surface area contributed by atoms with E-state index in [1.54, 1.807) is 11.0 Å². The number of nitrogens with two attached hydrogens (primary N) is 1. The zero-order valence-electron chi connectivity index (χ0n) is 18.2. The van der Waals surface area contributed by atoms with E-state index in [1.807, 2.05) is 61.3 Å². The SMILES string of the molecule is CC1(N)c2ccc(C(=O)c3ccc(C=NN4CCSCC4)cc3)cc2CCN1CC(=O)O. The fourth-order valence-corrected chi connectivity index (χ4v) is 5.09. The van der Waals surface area contributed by atoms with Crippen LogP contribution >= 0.6 is 11.8 Å². The van der Waals surface area contributed by atoms with Crippen molar-refractivity contribution < 1.29 is 14.7 Å². The molecule has 0 spiro atoms. The number of hydrogen-bond donors (Lipinski definition) is 2. The Balaban J connectivity index is 1.48. The molecule has 1 saturated heterocycles. The number of carboxylic acid groups (broad SMARTS) is 1. The molecule has 0 amide bonds. The Kier molecular flexibility index (Phi) is 6.64. The van der Waals surface area contributed by atoms with Crippen molar-refractivity contribution in [3.63, 3.8) is 0 Å². The Hall–Kier alpha value is -2.68. The summed E-state index contributed by atoms with van der Waals surface area (Å²) in [5.41, 5.74) is 9.64. The minimum atomic E-state index is -0.902. The molecule has 0 aromatic heterocycles. The van der Waals surface area contributed by atoms with Crippen molar-refractivity contribution in [3.8, 4) is 0 Å². The van der Waals surface area contributed by atoms with E-state index in [0.717, 1.165) is 41.3 Å². The van der Waals surface area contributed by atoms with Gasteiger partial charge in [-0.2, -0.15) is 16.9 Å². The molecule has 0 aliphatic carbocycles. The Morgan fingerprint density at radius 1 is 1.12 bits per heavy atom. The summed E-state index contributed by atoms with van der Waals surface area (Å²) < 4.78 is 0. The maximum atomic E-state index is 13.1. The molecule has 2 heterocycles. The van der Waals surface area contributed by atoms with Crippen molar-refractivity contribution in [1.29, 1.82) is 0 Å². The summed E-state index contributed by atoms with van der Waals surface area (Å²) in [6.45, 7) is 4.17. The van der Waals surface area contributed by atoms with E-state index in [4.69, 9.17) is 10.8 Å². The van der Waals surface area contributed by atoms with Crippen molar-refractivity contribution in [1.82, 2.24) is 9.91 Å². The number of ketones is 1. The van der Waals surface area contributed by atoms with Gasteiger partial charge in [0, 0.05) is 42.3 Å². The lowest BCUT2D eigenvalue weighted by molar-refractivity contribution is -0.140. The molecule has 1 fully saturated rings. The summed E-state index contributed by atoms with van der Waals surface area (Å²) >= 11 is 1.95. The number of fused-ring (bicyclic) bond motifs is 1. The van der Waals surface area contributed by atoms with E-state index in [-0.39, 0.29) is 12.3 Å². The van der Waals surface area contributed by atoms with Gasteiger partial charge in [-0.1, -0.05) is 36.4 Å². The van der Waals surface area contributed by atoms with Crippen molar-refractivity contribution in [2.75, 3.05) is 37.7 Å². The van der Waals surface area contributed by atoms with Crippen LogP contribution in [0.25, 0.3) is 0 Å². The fraction of sp³-hybridized carbons (Fsp3) is 0.375. The molecule has 168 valence electrons. The van der Waals surface area contributed by atoms with E-state index >= 15 is 0 Å². The number of hydrazone groups is 1. The smallest absolute Gasteiger partial charge is 0.317 e. The third-order valence-corrected chi connectivity index (χ3v) is 7.02. The number of rotatable bonds is 6. The minimum absolute atomic E-state index is 0.0453. The Labute approximate surface area is 192 Å². The second-order valence-electron chi connectivity index (χ2n) is 8.35. The molecular weight excluding hydrogens is 424 g/mol. The number of carbonyl (C=O) groups excluding carboxylic acids is 1. The summed E-state index contributed by atoms with van der Waals surface area (Å²) in [7, 11) is 0. The van der Waals surface area contributed by atoms with Crippen LogP contribution in [0.4, 0.5) is 0 Å². The first kappa shape index (κ1) is 22.5. The molecule has 2 aliphatic heterocycles. The van der Waals surface area contributed by atoms with Crippen LogP contribution in [0.2, 0.25) is 0 Å². The van der Waals surface area contributed by atoms with Gasteiger partial charge < -0.3 is 10.8 Å². The second kappa shape index (κ2) is 9.44. The molecule has 2 aromatic carbocycles. The summed E-state index contributed by atoms with van der Waals surface area (Å²) in [6.07, 6.45) is 2.50. The number of carbonyl (C=O) groups is 2. The molecule has 2 aliphatic rings. The first-order valence-electron chi connectivity index (χ1n) is 10.7. The predicted molar refractivity (Wildman–Crippen MR) is 127 cm³/mol. The van der Waals surface area contributed by atoms with Crippen LogP contribution in [0.15, 0.2) is 47.6 Å². The van der Waals surface area contributed by atoms with Gasteiger partial charge in [0.15, 0.2) is 5.78 Å². The molecular formula is C24H28N4O3S. The lowest BCUT2D eigenvalue weighted by atomic mass is 9.86. The Morgan fingerprint density at radius 2 is 1.81 bits per heavy atom. The van der Waals surface area contributed by atoms with Crippen molar-refractivity contribution in [2.24, 2.45) is 10.8 Å². The largest absolute Gasteiger partial charge is 0.480 e. The van der Waals surface area contributed by atoms with E-state index < -0.39 is 11.6 Å². The number of thioether (sulfide) groups is 1. The molecule has 0 radical (unpaired) electrons. The lowest BCUT2D eigenvalue weighted by Crippen LogP contribution is -2.56. The molecule has 0 bridgehead atoms. The highest BCUT2D eigenvalue weighted by Gasteiger charge is 2.36. The third-order valence-electron chi connectivity index (χ3n) is 6.08. The zero-order chi connectivity index (χ0) is 22.7. The van der Waals surface area contributed by atoms with E-state index in [2.05, 4.69) is 10.1 Å². The van der Waals surface area contributed by atoms with Crippen LogP contribution in [0.5, 0.6) is 0 Å². The third kappa shape index (κ3) is 4.87. The Morgan fingerprint density at radius 3 is 2.50 bits per heavy atom. The molecule has 4 rings (SSSR count). The van der Waals surface area contributed by atoms with E-state index in [9.17, 15) is 9.59 Å². The van der Waals surface area contributed by atoms with E-state index in [1.165, 1.54) is 0 Å². The molecule has 3 N–H and O–H groups in total. The van der Waals surface area contributed by atoms with Crippen LogP contribution < -0.4 is 5.73 Å². The highest BCUT2D eigenvalue weighted by Crippen LogP contribution is 2.32. The topological polar surface area (TPSA) is 99.2 Å². The second-order valence-corrected chi connectivity index (χ2v) is 9.57. The number of hydrogen-bond acceptors (Lipinski definition) is 7. The van der Waals surface area contributed by atoms with Crippen LogP contribution in [0.3, 0.4) is 0 Å². The monoisotopic (exact) mass is 452 g/mol. The molecule has 1 unspecified atom stereocenters. The van der Waals surface area contributed by atoms with Gasteiger partial charge in [0.05, 0.1) is 18.4 Å². The van der Waals surface area contributed by atoms with Gasteiger partial charge >= 0.3 is 5.97 Å². The first-order valence-corrected chi connectivity index (χ1v) is 11.9. The average Bonchev–Trinajstić information content (AvgIpc) is 2.80. The van der Waals surface area contributed by atoms with Crippen LogP contribution in [-0.2, 0) is 16.9 Å². The van der Waals surface area contributed by atoms with Crippen molar-refractivity contribution in [3.05, 3.63) is 70.3 Å². The van der Waals surface area contributed by atoms with Crippen molar-refractivity contribution in [2.45, 2.75) is 19.0 Å². The van der Waals surface area contributed by atoms with Gasteiger partial charge in [-0.25, -0.2) is 0 Å². The van der Waals surface area contributed by atoms with Gasteiger partial charge in [-0.05, 0) is 36.1 Å². The molecule has 0 saturated carbocycles. The number of benzene rings is 2. The van der Waals surface area contributed by atoms with Gasteiger partial charge in [0.2, 0.25) is 0 Å². The van der Waals surface area contributed by atoms with Crippen LogP contribution in [0.1, 0.15) is 39.5 Å². The van der Waals surface area contributed by atoms with Gasteiger partial charge in [0.1, 0.15) is 0 Å². The molecule has 32 heavy (non-hydrogen) atoms. The molecule has 2 aromatic rings. The fourth-order valence-electron chi connectivity index (χ4n) is 4.20. The lowest BCUT2D eigenvalue weighted by Gasteiger charge is -2.42. The van der Waals surface area contributed by atoms with Gasteiger partial charge in [-0.15, -0.1) is 0 Å². The maximum Gasteiger partial charge on any atom is 0.317 e. The van der Waals surface area contributed by atoms with E-state index in [0.29, 0.717) is 24.1 Å². The van der Waals surface area contributed by atoms with Gasteiger partial charge in [0.25, 0.3) is 0 Å². The zero-order valence-corrected chi connectivity index (χ0v) is 19.0. The van der Waals surface area contributed by atoms with Crippen LogP contribution in [0, 0.1) is 0 Å². The Bertz CT molecular complexity index is 1030. The number of nitrogens with zero attached hydrogens (tertiary/aromatic N) is 3. The standard InChI is InChI=1S/C24H28N4O3S/c1-24(25)21-7-6-20(14-19(21)8-9-27(24)16-22(29)30)23(31)18-4-2-17(3-5-18)15-26-28-10-12-32-13-11-28/h2-7,14-15H,8-13,16,25H2,1H3,(H,29,30). The minimum Gasteiger partial charge on any atom is -0.480 e. The average molecular weight is 453 g/mol. The van der Waals surface area contributed by atoms with Gasteiger partial charge in [-0.3, -0.25) is 19.5 Å². The summed E-state index contributed by atoms with van der Waals surface area (Å²) in [5.74, 6) is 1.26. The van der Waals surface area contributed by atoms with Crippen molar-refractivity contribution >= 4 is 29.7 Å². The molecule has 8 heteroatoms. The number of aliphatic carboxylic acids is 1. The maximum absolute atomic E-state index is 13.1. The first-order chi connectivity index (χ1) is 15.3. The summed E-state index contributed by atoms with van der Waals surface area (Å²) in [4.78, 5) is 26.0. The highest BCUT2D eigenvalue weighted by molar-refractivity contribution is 7.99. The molecule has 1 atom stereocenters. The quantitative estimate of drug-likeness (QED) is 0.513.